The van der Waals surface area contributed by atoms with E-state index in [-0.39, 0.29) is 0 Å². The Balaban J connectivity index is 1.67. The Bertz CT molecular complexity index is 763. The van der Waals surface area contributed by atoms with E-state index in [9.17, 15) is 4.79 Å². The highest BCUT2D eigenvalue weighted by Crippen LogP contribution is 2.24. The Labute approximate surface area is 137 Å². The van der Waals surface area contributed by atoms with Crippen LogP contribution in [0.15, 0.2) is 66.7 Å². The van der Waals surface area contributed by atoms with Gasteiger partial charge in [-0.05, 0) is 53.6 Å². The van der Waals surface area contributed by atoms with Crippen LogP contribution in [-0.4, -0.2) is 5.24 Å². The molecule has 0 N–H and O–H groups in total. The predicted molar refractivity (Wildman–Crippen MR) is 90.3 cm³/mol. The lowest BCUT2D eigenvalue weighted by Crippen LogP contribution is -1.87. The molecule has 1 aromatic heterocycles. The zero-order valence-corrected chi connectivity index (χ0v) is 13.2. The Kier molecular flexibility index (Phi) is 4.56. The standard InChI is InChI=1S/C18H13ClO2S/c19-18(20)17-11-10-16(22-17)12-13-6-8-15(9-7-13)21-14-4-2-1-3-5-14/h1-11H,12H2. The molecular weight excluding hydrogens is 316 g/mol. The average Bonchev–Trinajstić information content (AvgIpc) is 2.99. The van der Waals surface area contributed by atoms with Crippen molar-refractivity contribution < 1.29 is 9.53 Å². The second-order valence-corrected chi connectivity index (χ2v) is 6.29. The lowest BCUT2D eigenvalue weighted by atomic mass is 10.1. The summed E-state index contributed by atoms with van der Waals surface area (Å²) in [4.78, 5) is 12.8. The first-order chi connectivity index (χ1) is 10.7. The lowest BCUT2D eigenvalue weighted by molar-refractivity contribution is 0.108. The molecule has 0 saturated carbocycles. The topological polar surface area (TPSA) is 26.3 Å². The minimum atomic E-state index is -0.400. The summed E-state index contributed by atoms with van der Waals surface area (Å²) in [5.74, 6) is 1.62. The first-order valence-electron chi connectivity index (χ1n) is 6.81. The molecule has 1 heterocycles. The summed E-state index contributed by atoms with van der Waals surface area (Å²) >= 11 is 6.90. The summed E-state index contributed by atoms with van der Waals surface area (Å²) in [6, 6.07) is 21.3. The van der Waals surface area contributed by atoms with Crippen molar-refractivity contribution in [3.8, 4) is 11.5 Å². The Morgan fingerprint density at radius 2 is 1.59 bits per heavy atom. The van der Waals surface area contributed by atoms with Crippen molar-refractivity contribution in [3.63, 3.8) is 0 Å². The SMILES string of the molecule is O=C(Cl)c1ccc(Cc2ccc(Oc3ccccc3)cc2)s1. The zero-order chi connectivity index (χ0) is 15.4. The lowest BCUT2D eigenvalue weighted by Gasteiger charge is -2.06. The summed E-state index contributed by atoms with van der Waals surface area (Å²) < 4.78 is 5.76. The molecule has 22 heavy (non-hydrogen) atoms. The number of thiophene rings is 1. The van der Waals surface area contributed by atoms with Crippen LogP contribution in [0.4, 0.5) is 0 Å². The van der Waals surface area contributed by atoms with Crippen LogP contribution in [0.1, 0.15) is 20.1 Å². The van der Waals surface area contributed by atoms with Gasteiger partial charge in [0.15, 0.2) is 0 Å². The molecule has 2 nitrogen and oxygen atoms in total. The maximum Gasteiger partial charge on any atom is 0.262 e. The van der Waals surface area contributed by atoms with Gasteiger partial charge in [0.25, 0.3) is 5.24 Å². The van der Waals surface area contributed by atoms with E-state index < -0.39 is 5.24 Å². The van der Waals surface area contributed by atoms with Gasteiger partial charge in [0.05, 0.1) is 4.88 Å². The van der Waals surface area contributed by atoms with Gasteiger partial charge in [0.1, 0.15) is 11.5 Å². The Hall–Kier alpha value is -2.10. The van der Waals surface area contributed by atoms with Crippen molar-refractivity contribution in [2.45, 2.75) is 6.42 Å². The van der Waals surface area contributed by atoms with E-state index in [1.807, 2.05) is 60.7 Å². The van der Waals surface area contributed by atoms with Crippen LogP contribution in [0, 0.1) is 0 Å². The van der Waals surface area contributed by atoms with Gasteiger partial charge in [-0.1, -0.05) is 30.3 Å². The molecule has 0 bridgehead atoms. The fourth-order valence-electron chi connectivity index (χ4n) is 2.08. The molecule has 0 spiro atoms. The number of carbonyl (C=O) groups is 1. The van der Waals surface area contributed by atoms with Crippen LogP contribution in [-0.2, 0) is 6.42 Å². The number of carbonyl (C=O) groups excluding carboxylic acids is 1. The smallest absolute Gasteiger partial charge is 0.262 e. The molecule has 0 aliphatic carbocycles. The largest absolute Gasteiger partial charge is 0.457 e. The fourth-order valence-corrected chi connectivity index (χ4v) is 3.13. The normalized spacial score (nSPS) is 10.4. The second kappa shape index (κ2) is 6.77. The molecule has 3 aromatic rings. The summed E-state index contributed by atoms with van der Waals surface area (Å²) in [5.41, 5.74) is 1.16. The van der Waals surface area contributed by atoms with Crippen LogP contribution in [0.2, 0.25) is 0 Å². The highest BCUT2D eigenvalue weighted by atomic mass is 35.5. The van der Waals surface area contributed by atoms with Crippen molar-refractivity contribution >= 4 is 28.2 Å². The van der Waals surface area contributed by atoms with Gasteiger partial charge in [0.2, 0.25) is 0 Å². The maximum absolute atomic E-state index is 11.1. The highest BCUT2D eigenvalue weighted by Gasteiger charge is 2.07. The van der Waals surface area contributed by atoms with Crippen molar-refractivity contribution in [3.05, 3.63) is 82.0 Å². The summed E-state index contributed by atoms with van der Waals surface area (Å²) in [6.45, 7) is 0. The van der Waals surface area contributed by atoms with Crippen molar-refractivity contribution in [2.75, 3.05) is 0 Å². The molecule has 0 radical (unpaired) electrons. The first kappa shape index (κ1) is 14.8. The van der Waals surface area contributed by atoms with E-state index in [0.29, 0.717) is 4.88 Å². The molecule has 4 heteroatoms. The van der Waals surface area contributed by atoms with Gasteiger partial charge in [-0.3, -0.25) is 4.79 Å². The van der Waals surface area contributed by atoms with E-state index >= 15 is 0 Å². The highest BCUT2D eigenvalue weighted by molar-refractivity contribution is 7.15. The number of hydrogen-bond acceptors (Lipinski definition) is 3. The minimum Gasteiger partial charge on any atom is -0.457 e. The molecular formula is C18H13ClO2S. The molecule has 3 rings (SSSR count). The first-order valence-corrected chi connectivity index (χ1v) is 8.00. The van der Waals surface area contributed by atoms with E-state index in [0.717, 1.165) is 28.4 Å². The molecule has 0 aliphatic heterocycles. The predicted octanol–water partition coefficient (Wildman–Crippen LogP) is 5.51. The van der Waals surface area contributed by atoms with Crippen LogP contribution in [0.5, 0.6) is 11.5 Å². The number of benzene rings is 2. The molecule has 0 aliphatic rings. The number of rotatable bonds is 5. The maximum atomic E-state index is 11.1. The minimum absolute atomic E-state index is 0.400. The molecule has 0 saturated heterocycles. The van der Waals surface area contributed by atoms with Gasteiger partial charge in [-0.25, -0.2) is 0 Å². The van der Waals surface area contributed by atoms with Gasteiger partial charge in [0, 0.05) is 11.3 Å². The summed E-state index contributed by atoms with van der Waals surface area (Å²) in [5, 5.41) is -0.400. The summed E-state index contributed by atoms with van der Waals surface area (Å²) in [6.07, 6.45) is 0.778. The van der Waals surface area contributed by atoms with E-state index in [4.69, 9.17) is 16.3 Å². The molecule has 110 valence electrons. The Morgan fingerprint density at radius 3 is 2.23 bits per heavy atom. The third-order valence-corrected chi connectivity index (χ3v) is 4.54. The van der Waals surface area contributed by atoms with Crippen molar-refractivity contribution in [1.82, 2.24) is 0 Å². The van der Waals surface area contributed by atoms with Crippen LogP contribution in [0.3, 0.4) is 0 Å². The average molecular weight is 329 g/mol. The molecule has 2 aromatic carbocycles. The zero-order valence-electron chi connectivity index (χ0n) is 11.7. The molecule has 0 unspecified atom stereocenters. The third-order valence-electron chi connectivity index (χ3n) is 3.14. The number of halogens is 1. The van der Waals surface area contributed by atoms with Crippen LogP contribution < -0.4 is 4.74 Å². The van der Waals surface area contributed by atoms with Crippen molar-refractivity contribution in [2.24, 2.45) is 0 Å². The quantitative estimate of drug-likeness (QED) is 0.577. The third kappa shape index (κ3) is 3.75. The van der Waals surface area contributed by atoms with Crippen molar-refractivity contribution in [1.29, 1.82) is 0 Å². The number of para-hydroxylation sites is 1. The Morgan fingerprint density at radius 1 is 0.909 bits per heavy atom. The monoisotopic (exact) mass is 328 g/mol. The van der Waals surface area contributed by atoms with E-state index in [2.05, 4.69) is 0 Å². The number of ether oxygens (including phenoxy) is 1. The number of hydrogen-bond donors (Lipinski definition) is 0. The second-order valence-electron chi connectivity index (χ2n) is 4.78. The van der Waals surface area contributed by atoms with Crippen LogP contribution >= 0.6 is 22.9 Å². The van der Waals surface area contributed by atoms with Gasteiger partial charge in [-0.2, -0.15) is 0 Å². The molecule has 0 atom stereocenters. The summed E-state index contributed by atoms with van der Waals surface area (Å²) in [7, 11) is 0. The van der Waals surface area contributed by atoms with Gasteiger partial charge >= 0.3 is 0 Å². The molecule has 0 fully saturated rings. The van der Waals surface area contributed by atoms with Crippen LogP contribution in [0.25, 0.3) is 0 Å². The fraction of sp³-hybridized carbons (Fsp3) is 0.0556. The van der Waals surface area contributed by atoms with Gasteiger partial charge < -0.3 is 4.74 Å². The molecule has 0 amide bonds. The van der Waals surface area contributed by atoms with E-state index in [1.54, 1.807) is 6.07 Å². The van der Waals surface area contributed by atoms with Gasteiger partial charge in [-0.15, -0.1) is 11.3 Å². The van der Waals surface area contributed by atoms with E-state index in [1.165, 1.54) is 11.3 Å².